The molecule has 0 atom stereocenters. The third kappa shape index (κ3) is 4.49. The number of hydrogen-bond acceptors (Lipinski definition) is 5. The third-order valence-corrected chi connectivity index (χ3v) is 4.04. The summed E-state index contributed by atoms with van der Waals surface area (Å²) < 4.78 is 10.3. The Kier molecular flexibility index (Phi) is 5.47. The predicted octanol–water partition coefficient (Wildman–Crippen LogP) is 4.51. The van der Waals surface area contributed by atoms with Crippen molar-refractivity contribution in [3.8, 4) is 5.75 Å². The number of nitrogens with zero attached hydrogens (tertiary/aromatic N) is 1. The van der Waals surface area contributed by atoms with Crippen LogP contribution in [0.3, 0.4) is 0 Å². The summed E-state index contributed by atoms with van der Waals surface area (Å²) in [6.45, 7) is -0.155. The molecule has 0 N–H and O–H groups in total. The van der Waals surface area contributed by atoms with Crippen molar-refractivity contribution in [2.75, 3.05) is 7.11 Å². The molecule has 0 aliphatic rings. The molecule has 0 spiro atoms. The standard InChI is InChI=1S/C21H17NO5/c1-26-19-10-9-16-12-15(6-8-17(16)13-19)7-11-21(23)27-14-18-4-2-3-5-20(18)22(24)25/h2-13H,14H2,1H3/b11-7+. The van der Waals surface area contributed by atoms with Gasteiger partial charge in [-0.1, -0.05) is 30.3 Å². The maximum absolute atomic E-state index is 11.9. The van der Waals surface area contributed by atoms with E-state index in [9.17, 15) is 14.9 Å². The lowest BCUT2D eigenvalue weighted by molar-refractivity contribution is -0.385. The van der Waals surface area contributed by atoms with Crippen molar-refractivity contribution in [2.45, 2.75) is 6.61 Å². The highest BCUT2D eigenvalue weighted by Gasteiger charge is 2.13. The minimum absolute atomic E-state index is 0.0702. The van der Waals surface area contributed by atoms with Crippen molar-refractivity contribution in [3.63, 3.8) is 0 Å². The average molecular weight is 363 g/mol. The Hall–Kier alpha value is -3.67. The lowest BCUT2D eigenvalue weighted by atomic mass is 10.1. The highest BCUT2D eigenvalue weighted by Crippen LogP contribution is 2.22. The van der Waals surface area contributed by atoms with Crippen molar-refractivity contribution in [1.29, 1.82) is 0 Å². The van der Waals surface area contributed by atoms with Crippen molar-refractivity contribution in [2.24, 2.45) is 0 Å². The van der Waals surface area contributed by atoms with Gasteiger partial charge < -0.3 is 9.47 Å². The molecule has 0 unspecified atom stereocenters. The second-order valence-electron chi connectivity index (χ2n) is 5.80. The van der Waals surface area contributed by atoms with Gasteiger partial charge in [0, 0.05) is 12.1 Å². The number of carbonyl (C=O) groups excluding carboxylic acids is 1. The van der Waals surface area contributed by atoms with E-state index >= 15 is 0 Å². The highest BCUT2D eigenvalue weighted by molar-refractivity contribution is 5.90. The molecule has 27 heavy (non-hydrogen) atoms. The van der Waals surface area contributed by atoms with Gasteiger partial charge >= 0.3 is 5.97 Å². The largest absolute Gasteiger partial charge is 0.497 e. The van der Waals surface area contributed by atoms with Gasteiger partial charge in [0.15, 0.2) is 0 Å². The van der Waals surface area contributed by atoms with Crippen LogP contribution in [-0.2, 0) is 16.1 Å². The minimum atomic E-state index is -0.567. The van der Waals surface area contributed by atoms with E-state index in [1.807, 2.05) is 36.4 Å². The quantitative estimate of drug-likeness (QED) is 0.279. The number of carbonyl (C=O) groups is 1. The first-order valence-electron chi connectivity index (χ1n) is 8.22. The molecular weight excluding hydrogens is 346 g/mol. The lowest BCUT2D eigenvalue weighted by Gasteiger charge is -2.04. The normalized spacial score (nSPS) is 10.9. The van der Waals surface area contributed by atoms with E-state index in [1.165, 1.54) is 12.1 Å². The molecule has 0 radical (unpaired) electrons. The predicted molar refractivity (Wildman–Crippen MR) is 102 cm³/mol. The smallest absolute Gasteiger partial charge is 0.331 e. The Morgan fingerprint density at radius 1 is 1.07 bits per heavy atom. The van der Waals surface area contributed by atoms with Crippen LogP contribution >= 0.6 is 0 Å². The van der Waals surface area contributed by atoms with Gasteiger partial charge in [0.25, 0.3) is 5.69 Å². The fourth-order valence-electron chi connectivity index (χ4n) is 2.65. The zero-order valence-corrected chi connectivity index (χ0v) is 14.6. The van der Waals surface area contributed by atoms with Crippen molar-refractivity contribution in [1.82, 2.24) is 0 Å². The molecule has 0 saturated heterocycles. The first-order valence-corrected chi connectivity index (χ1v) is 8.22. The van der Waals surface area contributed by atoms with Gasteiger partial charge in [-0.15, -0.1) is 0 Å². The lowest BCUT2D eigenvalue weighted by Crippen LogP contribution is -2.03. The molecule has 6 nitrogen and oxygen atoms in total. The van der Waals surface area contributed by atoms with Crippen LogP contribution in [0.5, 0.6) is 5.75 Å². The summed E-state index contributed by atoms with van der Waals surface area (Å²) in [5.41, 5.74) is 1.12. The summed E-state index contributed by atoms with van der Waals surface area (Å²) in [7, 11) is 1.62. The van der Waals surface area contributed by atoms with Crippen LogP contribution in [0.2, 0.25) is 0 Å². The number of methoxy groups -OCH3 is 1. The van der Waals surface area contributed by atoms with Crippen LogP contribution in [0.4, 0.5) is 5.69 Å². The van der Waals surface area contributed by atoms with E-state index in [1.54, 1.807) is 31.4 Å². The number of hydrogen-bond donors (Lipinski definition) is 0. The molecular formula is C21H17NO5. The van der Waals surface area contributed by atoms with Crippen molar-refractivity contribution < 1.29 is 19.2 Å². The fraction of sp³-hybridized carbons (Fsp3) is 0.0952. The molecule has 3 aromatic carbocycles. The molecule has 0 bridgehead atoms. The number of nitro groups is 1. The van der Waals surface area contributed by atoms with E-state index in [4.69, 9.17) is 9.47 Å². The average Bonchev–Trinajstić information content (AvgIpc) is 2.70. The van der Waals surface area contributed by atoms with Gasteiger partial charge in [-0.2, -0.15) is 0 Å². The second kappa shape index (κ2) is 8.14. The van der Waals surface area contributed by atoms with E-state index in [0.717, 1.165) is 22.1 Å². The molecule has 6 heteroatoms. The van der Waals surface area contributed by atoms with E-state index in [2.05, 4.69) is 0 Å². The molecule has 0 amide bonds. The fourth-order valence-corrected chi connectivity index (χ4v) is 2.65. The monoisotopic (exact) mass is 363 g/mol. The number of fused-ring (bicyclic) bond motifs is 1. The van der Waals surface area contributed by atoms with Crippen molar-refractivity contribution in [3.05, 3.63) is 88.0 Å². The molecule has 3 aromatic rings. The van der Waals surface area contributed by atoms with Crippen LogP contribution in [0.25, 0.3) is 16.8 Å². The van der Waals surface area contributed by atoms with Gasteiger partial charge in [-0.05, 0) is 46.7 Å². The summed E-state index contributed by atoms with van der Waals surface area (Å²) >= 11 is 0. The topological polar surface area (TPSA) is 78.7 Å². The van der Waals surface area contributed by atoms with Gasteiger partial charge in [-0.3, -0.25) is 10.1 Å². The Labute approximate surface area is 155 Å². The number of para-hydroxylation sites is 1. The number of nitro benzene ring substituents is 1. The Morgan fingerprint density at radius 2 is 1.81 bits per heavy atom. The second-order valence-corrected chi connectivity index (χ2v) is 5.80. The number of esters is 1. The van der Waals surface area contributed by atoms with Crippen LogP contribution in [-0.4, -0.2) is 18.0 Å². The molecule has 0 saturated carbocycles. The van der Waals surface area contributed by atoms with Crippen molar-refractivity contribution >= 4 is 28.5 Å². The molecule has 3 rings (SSSR count). The Bertz CT molecular complexity index is 1030. The first-order chi connectivity index (χ1) is 13.1. The molecule has 0 aliphatic carbocycles. The van der Waals surface area contributed by atoms with Crippen LogP contribution in [0.1, 0.15) is 11.1 Å². The van der Waals surface area contributed by atoms with Crippen LogP contribution in [0.15, 0.2) is 66.7 Å². The summed E-state index contributed by atoms with van der Waals surface area (Å²) in [5.74, 6) is 0.215. The molecule has 0 fully saturated rings. The summed E-state index contributed by atoms with van der Waals surface area (Å²) in [4.78, 5) is 22.4. The minimum Gasteiger partial charge on any atom is -0.497 e. The first kappa shape index (κ1) is 18.1. The molecule has 136 valence electrons. The van der Waals surface area contributed by atoms with E-state index in [-0.39, 0.29) is 12.3 Å². The Morgan fingerprint density at radius 3 is 2.59 bits per heavy atom. The SMILES string of the molecule is COc1ccc2cc(/C=C/C(=O)OCc3ccccc3[N+](=O)[O-])ccc2c1. The molecule has 0 aromatic heterocycles. The van der Waals surface area contributed by atoms with Crippen LogP contribution < -0.4 is 4.74 Å². The maximum Gasteiger partial charge on any atom is 0.331 e. The summed E-state index contributed by atoms with van der Waals surface area (Å²) in [6, 6.07) is 17.7. The zero-order chi connectivity index (χ0) is 19.2. The number of benzene rings is 3. The van der Waals surface area contributed by atoms with E-state index in [0.29, 0.717) is 5.56 Å². The van der Waals surface area contributed by atoms with Gasteiger partial charge in [0.05, 0.1) is 17.6 Å². The number of rotatable bonds is 6. The highest BCUT2D eigenvalue weighted by atomic mass is 16.6. The van der Waals surface area contributed by atoms with Gasteiger partial charge in [0.2, 0.25) is 0 Å². The third-order valence-electron chi connectivity index (χ3n) is 4.04. The summed E-state index contributed by atoms with van der Waals surface area (Å²) in [5, 5.41) is 13.0. The Balaban J connectivity index is 1.66. The molecule has 0 heterocycles. The molecule has 0 aliphatic heterocycles. The van der Waals surface area contributed by atoms with Gasteiger partial charge in [-0.25, -0.2) is 4.79 Å². The van der Waals surface area contributed by atoms with Crippen LogP contribution in [0, 0.1) is 10.1 Å². The summed E-state index contributed by atoms with van der Waals surface area (Å²) in [6.07, 6.45) is 2.95. The number of ether oxygens (including phenoxy) is 2. The van der Waals surface area contributed by atoms with Gasteiger partial charge in [0.1, 0.15) is 12.4 Å². The zero-order valence-electron chi connectivity index (χ0n) is 14.6. The van der Waals surface area contributed by atoms with E-state index < -0.39 is 10.9 Å². The maximum atomic E-state index is 11.9.